The fourth-order valence-electron chi connectivity index (χ4n) is 4.02. The Morgan fingerprint density at radius 2 is 2.00 bits per heavy atom. The van der Waals surface area contributed by atoms with Crippen molar-refractivity contribution in [2.75, 3.05) is 20.3 Å². The van der Waals surface area contributed by atoms with Gasteiger partial charge in [-0.2, -0.15) is 0 Å². The molecule has 3 aromatic rings. The summed E-state index contributed by atoms with van der Waals surface area (Å²) in [4.78, 5) is 31.6. The Morgan fingerprint density at radius 1 is 1.22 bits per heavy atom. The number of esters is 1. The SMILES string of the molecule is CCOC(=O)C1=C(C)N=c2s/c(=C\c3c(F)cccc3Cl)c(=O)n2C1c1ccc(OCC)c(OC)c1. The zero-order valence-electron chi connectivity index (χ0n) is 20.1. The molecule has 1 atom stereocenters. The quantitative estimate of drug-likeness (QED) is 0.431. The summed E-state index contributed by atoms with van der Waals surface area (Å²) in [6.45, 7) is 5.85. The van der Waals surface area contributed by atoms with Crippen molar-refractivity contribution in [3.63, 3.8) is 0 Å². The van der Waals surface area contributed by atoms with Crippen LogP contribution in [0.5, 0.6) is 11.5 Å². The molecule has 10 heteroatoms. The fourth-order valence-corrected chi connectivity index (χ4v) is 5.26. The maximum absolute atomic E-state index is 14.5. The van der Waals surface area contributed by atoms with Crippen LogP contribution in [0.2, 0.25) is 5.02 Å². The van der Waals surface area contributed by atoms with Gasteiger partial charge in [-0.3, -0.25) is 9.36 Å². The molecule has 2 aromatic carbocycles. The van der Waals surface area contributed by atoms with E-state index in [9.17, 15) is 14.0 Å². The lowest BCUT2D eigenvalue weighted by molar-refractivity contribution is -0.139. The monoisotopic (exact) mass is 530 g/mol. The topological polar surface area (TPSA) is 79.1 Å². The molecule has 4 rings (SSSR count). The van der Waals surface area contributed by atoms with Crippen LogP contribution in [0.3, 0.4) is 0 Å². The highest BCUT2D eigenvalue weighted by molar-refractivity contribution is 7.07. The van der Waals surface area contributed by atoms with Gasteiger partial charge in [-0.05, 0) is 56.7 Å². The maximum Gasteiger partial charge on any atom is 0.338 e. The Bertz CT molecular complexity index is 1520. The maximum atomic E-state index is 14.5. The van der Waals surface area contributed by atoms with Gasteiger partial charge in [0.05, 0.1) is 47.2 Å². The summed E-state index contributed by atoms with van der Waals surface area (Å²) in [6, 6.07) is 8.68. The van der Waals surface area contributed by atoms with Gasteiger partial charge in [0, 0.05) is 5.56 Å². The lowest BCUT2D eigenvalue weighted by atomic mass is 9.95. The number of halogens is 2. The Morgan fingerprint density at radius 3 is 2.67 bits per heavy atom. The van der Waals surface area contributed by atoms with Crippen molar-refractivity contribution in [3.05, 3.63) is 89.3 Å². The fraction of sp³-hybridized carbons (Fsp3) is 0.269. The van der Waals surface area contributed by atoms with Crippen LogP contribution in [0, 0.1) is 5.82 Å². The van der Waals surface area contributed by atoms with Crippen LogP contribution in [0.4, 0.5) is 4.39 Å². The molecule has 7 nitrogen and oxygen atoms in total. The van der Waals surface area contributed by atoms with Crippen LogP contribution in [0.1, 0.15) is 37.9 Å². The van der Waals surface area contributed by atoms with Gasteiger partial charge in [0.15, 0.2) is 16.3 Å². The van der Waals surface area contributed by atoms with Crippen molar-refractivity contribution >= 4 is 35.0 Å². The molecule has 0 bridgehead atoms. The standard InChI is InChI=1S/C26H24ClFN2O5S/c1-5-34-19-11-10-15(12-20(19)33-4)23-22(25(32)35-6-2)14(3)29-26-30(23)24(31)21(36-26)13-16-17(27)8-7-9-18(16)28/h7-13,23H,5-6H2,1-4H3/b21-13-. The molecule has 1 aliphatic rings. The first kappa shape index (κ1) is 25.7. The molecule has 188 valence electrons. The summed E-state index contributed by atoms with van der Waals surface area (Å²) in [7, 11) is 1.51. The van der Waals surface area contributed by atoms with Crippen LogP contribution in [-0.4, -0.2) is 30.9 Å². The molecule has 0 saturated heterocycles. The minimum atomic E-state index is -0.844. The number of benzene rings is 2. The van der Waals surface area contributed by atoms with Crippen LogP contribution >= 0.6 is 22.9 Å². The van der Waals surface area contributed by atoms with Gasteiger partial charge >= 0.3 is 5.97 Å². The van der Waals surface area contributed by atoms with Gasteiger partial charge in [-0.1, -0.05) is 35.1 Å². The summed E-state index contributed by atoms with van der Waals surface area (Å²) in [5.41, 5.74) is 0.911. The number of methoxy groups -OCH3 is 1. The number of allylic oxidation sites excluding steroid dienone is 1. The van der Waals surface area contributed by atoms with Crippen molar-refractivity contribution in [1.82, 2.24) is 4.57 Å². The van der Waals surface area contributed by atoms with E-state index in [1.807, 2.05) is 6.92 Å². The van der Waals surface area contributed by atoms with Gasteiger partial charge in [-0.25, -0.2) is 14.2 Å². The second-order valence-electron chi connectivity index (χ2n) is 7.78. The number of thiazole rings is 1. The van der Waals surface area contributed by atoms with Gasteiger partial charge in [-0.15, -0.1) is 0 Å². The molecular formula is C26H24ClFN2O5S. The van der Waals surface area contributed by atoms with Crippen LogP contribution < -0.4 is 24.4 Å². The first-order valence-corrected chi connectivity index (χ1v) is 12.4. The second-order valence-corrected chi connectivity index (χ2v) is 9.20. The van der Waals surface area contributed by atoms with Crippen molar-refractivity contribution < 1.29 is 23.4 Å². The minimum Gasteiger partial charge on any atom is -0.493 e. The molecule has 0 spiro atoms. The lowest BCUT2D eigenvalue weighted by Crippen LogP contribution is -2.40. The zero-order chi connectivity index (χ0) is 26.0. The summed E-state index contributed by atoms with van der Waals surface area (Å²) in [6.07, 6.45) is 1.40. The third-order valence-electron chi connectivity index (χ3n) is 5.60. The highest BCUT2D eigenvalue weighted by atomic mass is 35.5. The smallest absolute Gasteiger partial charge is 0.338 e. The van der Waals surface area contributed by atoms with E-state index in [1.54, 1.807) is 38.1 Å². The molecule has 1 unspecified atom stereocenters. The van der Waals surface area contributed by atoms with E-state index in [1.165, 1.54) is 29.9 Å². The third kappa shape index (κ3) is 4.68. The zero-order valence-corrected chi connectivity index (χ0v) is 21.7. The Labute approximate surface area is 215 Å². The molecule has 1 aromatic heterocycles. The average molecular weight is 531 g/mol. The highest BCUT2D eigenvalue weighted by Gasteiger charge is 2.34. The molecule has 0 N–H and O–H groups in total. The Kier molecular flexibility index (Phi) is 7.61. The van der Waals surface area contributed by atoms with Gasteiger partial charge in [0.1, 0.15) is 5.82 Å². The number of nitrogens with zero attached hydrogens (tertiary/aromatic N) is 2. The number of hydrogen-bond acceptors (Lipinski definition) is 7. The van der Waals surface area contributed by atoms with E-state index in [2.05, 4.69) is 4.99 Å². The van der Waals surface area contributed by atoms with Crippen molar-refractivity contribution in [3.8, 4) is 11.5 Å². The number of rotatable bonds is 7. The lowest BCUT2D eigenvalue weighted by Gasteiger charge is -2.25. The van der Waals surface area contributed by atoms with Crippen LogP contribution in [0.25, 0.3) is 6.08 Å². The van der Waals surface area contributed by atoms with Crippen LogP contribution in [-0.2, 0) is 9.53 Å². The van der Waals surface area contributed by atoms with Gasteiger partial charge in [0.25, 0.3) is 5.56 Å². The normalized spacial score (nSPS) is 15.4. The molecule has 36 heavy (non-hydrogen) atoms. The number of hydrogen-bond donors (Lipinski definition) is 0. The van der Waals surface area contributed by atoms with Crippen molar-refractivity contribution in [2.24, 2.45) is 4.99 Å². The molecule has 0 aliphatic carbocycles. The number of aromatic nitrogens is 1. The number of carbonyl (C=O) groups excluding carboxylic acids is 1. The highest BCUT2D eigenvalue weighted by Crippen LogP contribution is 2.36. The summed E-state index contributed by atoms with van der Waals surface area (Å²) in [5, 5.41) is 0.178. The Hall–Kier alpha value is -3.43. The first-order chi connectivity index (χ1) is 17.3. The van der Waals surface area contributed by atoms with Crippen molar-refractivity contribution in [2.45, 2.75) is 26.8 Å². The minimum absolute atomic E-state index is 0.102. The van der Waals surface area contributed by atoms with Crippen molar-refractivity contribution in [1.29, 1.82) is 0 Å². The van der Waals surface area contributed by atoms with Gasteiger partial charge in [0.2, 0.25) is 0 Å². The Balaban J connectivity index is 1.99. The van der Waals surface area contributed by atoms with E-state index in [4.69, 9.17) is 25.8 Å². The molecule has 0 fully saturated rings. The number of fused-ring (bicyclic) bond motifs is 1. The second kappa shape index (κ2) is 10.7. The molecule has 0 amide bonds. The molecule has 2 heterocycles. The van der Waals surface area contributed by atoms with Gasteiger partial charge < -0.3 is 14.2 Å². The predicted octanol–water partition coefficient (Wildman–Crippen LogP) is 4.00. The summed E-state index contributed by atoms with van der Waals surface area (Å²) >= 11 is 7.27. The molecule has 0 radical (unpaired) electrons. The van der Waals surface area contributed by atoms with E-state index in [0.717, 1.165) is 11.3 Å². The third-order valence-corrected chi connectivity index (χ3v) is 6.91. The van der Waals surface area contributed by atoms with E-state index in [-0.39, 0.29) is 27.3 Å². The first-order valence-electron chi connectivity index (χ1n) is 11.2. The molecule has 1 aliphatic heterocycles. The molecule has 0 saturated carbocycles. The average Bonchev–Trinajstić information content (AvgIpc) is 3.15. The van der Waals surface area contributed by atoms with Crippen LogP contribution in [0.15, 0.2) is 57.5 Å². The number of ether oxygens (including phenoxy) is 3. The van der Waals surface area contributed by atoms with E-state index in [0.29, 0.717) is 34.2 Å². The van der Waals surface area contributed by atoms with E-state index < -0.39 is 23.4 Å². The summed E-state index contributed by atoms with van der Waals surface area (Å²) in [5.74, 6) is -0.149. The molecular weight excluding hydrogens is 507 g/mol. The van der Waals surface area contributed by atoms with E-state index >= 15 is 0 Å². The predicted molar refractivity (Wildman–Crippen MR) is 136 cm³/mol. The summed E-state index contributed by atoms with van der Waals surface area (Å²) < 4.78 is 32.5. The number of carbonyl (C=O) groups is 1. The largest absolute Gasteiger partial charge is 0.493 e.